The van der Waals surface area contributed by atoms with Crippen molar-refractivity contribution in [1.82, 2.24) is 4.98 Å². The molecule has 0 aromatic carbocycles. The second-order valence-electron chi connectivity index (χ2n) is 2.52. The van der Waals surface area contributed by atoms with E-state index in [1.165, 1.54) is 12.3 Å². The van der Waals surface area contributed by atoms with Crippen LogP contribution >= 0.6 is 0 Å². The Morgan fingerprint density at radius 2 is 2.42 bits per heavy atom. The van der Waals surface area contributed by atoms with Crippen LogP contribution in [0.2, 0.25) is 0 Å². The summed E-state index contributed by atoms with van der Waals surface area (Å²) < 4.78 is 12.6. The molecule has 0 saturated heterocycles. The standard InChI is InChI=1S/C8H8FNO2/c1-5-2-6(3-7(11)12)4-10-8(5)9/h2,4H,3H2,1H3,(H,11,12). The van der Waals surface area contributed by atoms with Crippen molar-refractivity contribution < 1.29 is 14.3 Å². The van der Waals surface area contributed by atoms with Gasteiger partial charge in [-0.3, -0.25) is 4.79 Å². The Labute approximate surface area is 68.9 Å². The van der Waals surface area contributed by atoms with Crippen LogP contribution < -0.4 is 0 Å². The summed E-state index contributed by atoms with van der Waals surface area (Å²) in [5.74, 6) is -1.49. The average Bonchev–Trinajstić information content (AvgIpc) is 1.96. The Morgan fingerprint density at radius 3 is 2.92 bits per heavy atom. The molecule has 4 heteroatoms. The Hall–Kier alpha value is -1.45. The fourth-order valence-corrected chi connectivity index (χ4v) is 0.888. The van der Waals surface area contributed by atoms with E-state index in [0.29, 0.717) is 11.1 Å². The molecule has 0 aliphatic rings. The van der Waals surface area contributed by atoms with Crippen molar-refractivity contribution in [2.24, 2.45) is 0 Å². The van der Waals surface area contributed by atoms with Crippen LogP contribution in [-0.4, -0.2) is 16.1 Å². The first-order valence-corrected chi connectivity index (χ1v) is 3.42. The summed E-state index contributed by atoms with van der Waals surface area (Å²) in [5, 5.41) is 8.41. The Kier molecular flexibility index (Phi) is 2.38. The molecule has 0 aliphatic heterocycles. The first kappa shape index (κ1) is 8.64. The number of carboxylic acid groups (broad SMARTS) is 1. The third-order valence-electron chi connectivity index (χ3n) is 1.43. The molecule has 0 unspecified atom stereocenters. The molecular weight excluding hydrogens is 161 g/mol. The highest BCUT2D eigenvalue weighted by Gasteiger charge is 2.03. The van der Waals surface area contributed by atoms with Gasteiger partial charge in [0.05, 0.1) is 6.42 Å². The molecule has 0 atom stereocenters. The van der Waals surface area contributed by atoms with E-state index in [0.717, 1.165) is 0 Å². The topological polar surface area (TPSA) is 50.2 Å². The lowest BCUT2D eigenvalue weighted by Gasteiger charge is -1.98. The van der Waals surface area contributed by atoms with Crippen molar-refractivity contribution in [1.29, 1.82) is 0 Å². The normalized spacial score (nSPS) is 9.83. The van der Waals surface area contributed by atoms with E-state index in [-0.39, 0.29) is 6.42 Å². The van der Waals surface area contributed by atoms with Crippen LogP contribution in [0.4, 0.5) is 4.39 Å². The van der Waals surface area contributed by atoms with Gasteiger partial charge in [0.1, 0.15) is 0 Å². The summed E-state index contributed by atoms with van der Waals surface area (Å²) in [6.45, 7) is 1.55. The van der Waals surface area contributed by atoms with Crippen LogP contribution in [-0.2, 0) is 11.2 Å². The number of halogens is 1. The minimum Gasteiger partial charge on any atom is -0.481 e. The lowest BCUT2D eigenvalue weighted by atomic mass is 10.1. The zero-order valence-corrected chi connectivity index (χ0v) is 6.54. The number of aromatic nitrogens is 1. The van der Waals surface area contributed by atoms with Crippen LogP contribution in [0.25, 0.3) is 0 Å². The third-order valence-corrected chi connectivity index (χ3v) is 1.43. The fourth-order valence-electron chi connectivity index (χ4n) is 0.888. The molecule has 0 spiro atoms. The molecule has 1 aromatic heterocycles. The summed E-state index contributed by atoms with van der Waals surface area (Å²) in [7, 11) is 0. The summed E-state index contributed by atoms with van der Waals surface area (Å²) in [4.78, 5) is 13.6. The maximum atomic E-state index is 12.6. The van der Waals surface area contributed by atoms with Crippen molar-refractivity contribution in [3.63, 3.8) is 0 Å². The van der Waals surface area contributed by atoms with Crippen LogP contribution in [0.1, 0.15) is 11.1 Å². The largest absolute Gasteiger partial charge is 0.481 e. The van der Waals surface area contributed by atoms with E-state index >= 15 is 0 Å². The molecule has 0 aliphatic carbocycles. The van der Waals surface area contributed by atoms with Gasteiger partial charge in [-0.2, -0.15) is 4.39 Å². The van der Waals surface area contributed by atoms with Gasteiger partial charge in [-0.1, -0.05) is 0 Å². The second-order valence-corrected chi connectivity index (χ2v) is 2.52. The van der Waals surface area contributed by atoms with Crippen molar-refractivity contribution >= 4 is 5.97 Å². The highest BCUT2D eigenvalue weighted by Crippen LogP contribution is 2.06. The lowest BCUT2D eigenvalue weighted by molar-refractivity contribution is -0.136. The number of carboxylic acids is 1. The molecule has 1 heterocycles. The second kappa shape index (κ2) is 3.30. The zero-order valence-electron chi connectivity index (χ0n) is 6.54. The number of nitrogens with zero attached hydrogens (tertiary/aromatic N) is 1. The molecule has 0 radical (unpaired) electrons. The van der Waals surface area contributed by atoms with Gasteiger partial charge in [-0.15, -0.1) is 0 Å². The predicted octanol–water partition coefficient (Wildman–Crippen LogP) is 1.16. The summed E-state index contributed by atoms with van der Waals surface area (Å²) in [6.07, 6.45) is 1.12. The zero-order chi connectivity index (χ0) is 9.14. The Morgan fingerprint density at radius 1 is 1.75 bits per heavy atom. The molecule has 1 rings (SSSR count). The van der Waals surface area contributed by atoms with Gasteiger partial charge in [0.15, 0.2) is 0 Å². The monoisotopic (exact) mass is 169 g/mol. The summed E-state index contributed by atoms with van der Waals surface area (Å²) in [5.41, 5.74) is 0.884. The Bertz CT molecular complexity index is 312. The predicted molar refractivity (Wildman–Crippen MR) is 40.3 cm³/mol. The van der Waals surface area contributed by atoms with Gasteiger partial charge < -0.3 is 5.11 Å². The maximum Gasteiger partial charge on any atom is 0.307 e. The molecule has 1 N–H and O–H groups in total. The van der Waals surface area contributed by atoms with Crippen molar-refractivity contribution in [2.45, 2.75) is 13.3 Å². The number of hydrogen-bond donors (Lipinski definition) is 1. The number of aryl methyl sites for hydroxylation is 1. The third kappa shape index (κ3) is 2.02. The quantitative estimate of drug-likeness (QED) is 0.676. The maximum absolute atomic E-state index is 12.6. The van der Waals surface area contributed by atoms with Gasteiger partial charge >= 0.3 is 5.97 Å². The van der Waals surface area contributed by atoms with E-state index in [1.54, 1.807) is 6.92 Å². The molecule has 3 nitrogen and oxygen atoms in total. The molecule has 64 valence electrons. The summed E-state index contributed by atoms with van der Waals surface area (Å²) >= 11 is 0. The molecule has 0 bridgehead atoms. The number of aliphatic carboxylic acids is 1. The van der Waals surface area contributed by atoms with Gasteiger partial charge in [0.2, 0.25) is 5.95 Å². The van der Waals surface area contributed by atoms with Crippen molar-refractivity contribution in [3.8, 4) is 0 Å². The highest BCUT2D eigenvalue weighted by molar-refractivity contribution is 5.70. The van der Waals surface area contributed by atoms with E-state index in [4.69, 9.17) is 5.11 Å². The summed E-state index contributed by atoms with van der Waals surface area (Å²) in [6, 6.07) is 1.48. The SMILES string of the molecule is Cc1cc(CC(=O)O)cnc1F. The number of hydrogen-bond acceptors (Lipinski definition) is 2. The van der Waals surface area contributed by atoms with Crippen molar-refractivity contribution in [3.05, 3.63) is 29.3 Å². The minimum atomic E-state index is -0.942. The van der Waals surface area contributed by atoms with Gasteiger partial charge in [-0.25, -0.2) is 4.98 Å². The number of carbonyl (C=O) groups is 1. The van der Waals surface area contributed by atoms with E-state index in [2.05, 4.69) is 4.98 Å². The highest BCUT2D eigenvalue weighted by atomic mass is 19.1. The minimum absolute atomic E-state index is 0.117. The first-order chi connectivity index (χ1) is 5.59. The number of rotatable bonds is 2. The van der Waals surface area contributed by atoms with E-state index in [9.17, 15) is 9.18 Å². The van der Waals surface area contributed by atoms with Crippen molar-refractivity contribution in [2.75, 3.05) is 0 Å². The lowest BCUT2D eigenvalue weighted by Crippen LogP contribution is -2.01. The fraction of sp³-hybridized carbons (Fsp3) is 0.250. The van der Waals surface area contributed by atoms with Crippen LogP contribution in [0.3, 0.4) is 0 Å². The molecule has 12 heavy (non-hydrogen) atoms. The van der Waals surface area contributed by atoms with Crippen LogP contribution in [0.15, 0.2) is 12.3 Å². The average molecular weight is 169 g/mol. The molecule has 0 amide bonds. The number of pyridine rings is 1. The molecule has 0 saturated carbocycles. The first-order valence-electron chi connectivity index (χ1n) is 3.42. The van der Waals surface area contributed by atoms with E-state index in [1.807, 2.05) is 0 Å². The van der Waals surface area contributed by atoms with Gasteiger partial charge in [0.25, 0.3) is 0 Å². The Balaban J connectivity index is 2.89. The molecule has 0 fully saturated rings. The van der Waals surface area contributed by atoms with Crippen LogP contribution in [0, 0.1) is 12.9 Å². The smallest absolute Gasteiger partial charge is 0.307 e. The van der Waals surface area contributed by atoms with Gasteiger partial charge in [0, 0.05) is 11.8 Å². The van der Waals surface area contributed by atoms with Crippen LogP contribution in [0.5, 0.6) is 0 Å². The van der Waals surface area contributed by atoms with E-state index < -0.39 is 11.9 Å². The molecule has 1 aromatic rings. The van der Waals surface area contributed by atoms with Gasteiger partial charge in [-0.05, 0) is 18.6 Å². The molecular formula is C8H8FNO2.